The molecule has 2 heterocycles. The minimum Gasteiger partial charge on any atom is -0.252 e. The van der Waals surface area contributed by atoms with E-state index < -0.39 is 0 Å². The molecule has 8 aromatic rings. The minimum atomic E-state index is 0.888. The van der Waals surface area contributed by atoms with Crippen molar-refractivity contribution in [3.05, 3.63) is 121 Å². The predicted molar refractivity (Wildman–Crippen MR) is 158 cm³/mol. The first-order valence-electron chi connectivity index (χ1n) is 12.4. The molecule has 0 spiro atoms. The van der Waals surface area contributed by atoms with Gasteiger partial charge in [-0.3, -0.25) is 4.98 Å². The number of rotatable bonds is 2. The molecular formula is C34H20N2S. The molecule has 0 aliphatic heterocycles. The number of benzene rings is 6. The van der Waals surface area contributed by atoms with E-state index in [9.17, 15) is 0 Å². The van der Waals surface area contributed by atoms with Crippen LogP contribution in [0.25, 0.3) is 75.1 Å². The zero-order valence-electron chi connectivity index (χ0n) is 19.8. The fourth-order valence-corrected chi connectivity index (χ4v) is 6.69. The van der Waals surface area contributed by atoms with Crippen LogP contribution >= 0.6 is 11.3 Å². The van der Waals surface area contributed by atoms with Crippen molar-refractivity contribution < 1.29 is 0 Å². The Bertz CT molecular complexity index is 2120. The second kappa shape index (κ2) is 7.95. The van der Waals surface area contributed by atoms with E-state index in [0.29, 0.717) is 0 Å². The fraction of sp³-hybridized carbons (Fsp3) is 0. The van der Waals surface area contributed by atoms with Crippen LogP contribution in [0.1, 0.15) is 0 Å². The van der Waals surface area contributed by atoms with Crippen LogP contribution in [-0.2, 0) is 0 Å². The average Bonchev–Trinajstić information content (AvgIpc) is 3.35. The molecule has 3 heteroatoms. The molecule has 0 radical (unpaired) electrons. The van der Waals surface area contributed by atoms with E-state index in [-0.39, 0.29) is 0 Å². The summed E-state index contributed by atoms with van der Waals surface area (Å²) in [6.07, 6.45) is 1.93. The van der Waals surface area contributed by atoms with Crippen LogP contribution in [0.4, 0.5) is 0 Å². The average molecular weight is 489 g/mol. The van der Waals surface area contributed by atoms with Gasteiger partial charge >= 0.3 is 0 Å². The van der Waals surface area contributed by atoms with Gasteiger partial charge in [-0.25, -0.2) is 4.98 Å². The lowest BCUT2D eigenvalue weighted by molar-refractivity contribution is 1.31. The van der Waals surface area contributed by atoms with Crippen LogP contribution in [0.2, 0.25) is 0 Å². The van der Waals surface area contributed by atoms with Crippen molar-refractivity contribution >= 4 is 64.1 Å². The topological polar surface area (TPSA) is 25.8 Å². The number of hydrogen-bond donors (Lipinski definition) is 0. The molecular weight excluding hydrogens is 468 g/mol. The Morgan fingerprint density at radius 2 is 1.05 bits per heavy atom. The van der Waals surface area contributed by atoms with E-state index in [0.717, 1.165) is 33.1 Å². The summed E-state index contributed by atoms with van der Waals surface area (Å²) in [7, 11) is 0. The van der Waals surface area contributed by atoms with E-state index in [2.05, 4.69) is 115 Å². The lowest BCUT2D eigenvalue weighted by Gasteiger charge is -2.13. The first-order chi connectivity index (χ1) is 18.3. The zero-order valence-corrected chi connectivity index (χ0v) is 20.7. The first-order valence-corrected chi connectivity index (χ1v) is 13.2. The van der Waals surface area contributed by atoms with E-state index in [1.807, 2.05) is 17.5 Å². The SMILES string of the molecule is c1ccc(-c2cnc3c4ccccc4c4ccccc4c3n2)c(-c2ccc3sc4ccccc4c3c2)c1. The zero-order chi connectivity index (χ0) is 24.3. The highest BCUT2D eigenvalue weighted by Gasteiger charge is 2.15. The molecule has 0 saturated carbocycles. The van der Waals surface area contributed by atoms with Gasteiger partial charge in [0.05, 0.1) is 22.9 Å². The van der Waals surface area contributed by atoms with Crippen molar-refractivity contribution in [1.29, 1.82) is 0 Å². The lowest BCUT2D eigenvalue weighted by atomic mass is 9.96. The normalized spacial score (nSPS) is 11.8. The van der Waals surface area contributed by atoms with E-state index in [1.54, 1.807) is 0 Å². The van der Waals surface area contributed by atoms with Gasteiger partial charge in [-0.05, 0) is 40.1 Å². The van der Waals surface area contributed by atoms with Gasteiger partial charge in [-0.2, -0.15) is 0 Å². The third-order valence-corrected chi connectivity index (χ3v) is 8.47. The third-order valence-electron chi connectivity index (χ3n) is 7.32. The van der Waals surface area contributed by atoms with E-state index in [1.165, 1.54) is 42.1 Å². The molecule has 2 nitrogen and oxygen atoms in total. The largest absolute Gasteiger partial charge is 0.252 e. The Labute approximate surface area is 217 Å². The van der Waals surface area contributed by atoms with Crippen LogP contribution in [0.3, 0.4) is 0 Å². The van der Waals surface area contributed by atoms with Crippen molar-refractivity contribution in [3.8, 4) is 22.4 Å². The summed E-state index contributed by atoms with van der Waals surface area (Å²) in [6, 6.07) is 41.0. The number of aromatic nitrogens is 2. The number of hydrogen-bond acceptors (Lipinski definition) is 3. The second-order valence-electron chi connectivity index (χ2n) is 9.40. The van der Waals surface area contributed by atoms with Gasteiger partial charge in [0.15, 0.2) is 0 Å². The van der Waals surface area contributed by atoms with Crippen LogP contribution in [-0.4, -0.2) is 9.97 Å². The maximum atomic E-state index is 5.25. The predicted octanol–water partition coefficient (Wildman–Crippen LogP) is 9.64. The molecule has 172 valence electrons. The van der Waals surface area contributed by atoms with Gasteiger partial charge < -0.3 is 0 Å². The van der Waals surface area contributed by atoms with Crippen molar-refractivity contribution in [2.45, 2.75) is 0 Å². The lowest BCUT2D eigenvalue weighted by Crippen LogP contribution is -1.93. The first kappa shape index (κ1) is 20.6. The summed E-state index contributed by atoms with van der Waals surface area (Å²) in [5.74, 6) is 0. The van der Waals surface area contributed by atoms with Gasteiger partial charge in [0, 0.05) is 36.5 Å². The molecule has 0 fully saturated rings. The van der Waals surface area contributed by atoms with Crippen LogP contribution in [0, 0.1) is 0 Å². The smallest absolute Gasteiger partial charge is 0.0979 e. The van der Waals surface area contributed by atoms with Crippen LogP contribution < -0.4 is 0 Å². The Balaban J connectivity index is 1.38. The molecule has 37 heavy (non-hydrogen) atoms. The van der Waals surface area contributed by atoms with Crippen molar-refractivity contribution in [2.24, 2.45) is 0 Å². The molecule has 0 amide bonds. The molecule has 2 aromatic heterocycles. The van der Waals surface area contributed by atoms with Gasteiger partial charge in [0.1, 0.15) is 0 Å². The molecule has 0 aliphatic carbocycles. The molecule has 6 aromatic carbocycles. The van der Waals surface area contributed by atoms with Gasteiger partial charge in [-0.1, -0.05) is 97.1 Å². The monoisotopic (exact) mass is 488 g/mol. The summed E-state index contributed by atoms with van der Waals surface area (Å²) in [5.41, 5.74) is 6.23. The second-order valence-corrected chi connectivity index (χ2v) is 10.5. The molecule has 0 bridgehead atoms. The number of thiophene rings is 1. The molecule has 0 atom stereocenters. The van der Waals surface area contributed by atoms with Crippen molar-refractivity contribution in [3.63, 3.8) is 0 Å². The summed E-state index contributed by atoms with van der Waals surface area (Å²) < 4.78 is 2.63. The third kappa shape index (κ3) is 3.11. The molecule has 8 rings (SSSR count). The fourth-order valence-electron chi connectivity index (χ4n) is 5.60. The maximum absolute atomic E-state index is 5.25. The number of fused-ring (bicyclic) bond motifs is 9. The minimum absolute atomic E-state index is 0.888. The van der Waals surface area contributed by atoms with Gasteiger partial charge in [0.2, 0.25) is 0 Å². The quantitative estimate of drug-likeness (QED) is 0.226. The summed E-state index contributed by atoms with van der Waals surface area (Å²) in [5, 5.41) is 7.30. The van der Waals surface area contributed by atoms with E-state index in [4.69, 9.17) is 9.97 Å². The van der Waals surface area contributed by atoms with Crippen molar-refractivity contribution in [1.82, 2.24) is 9.97 Å². The standard InChI is InChI=1S/C34H20N2S/c1-4-12-25(22(9-1)21-17-18-32-29(19-21)26-13-7-8-16-31(26)37-32)30-20-35-33-27-14-5-2-10-23(27)24-11-3-6-15-28(24)34(33)36-30/h1-20H. The highest BCUT2D eigenvalue weighted by atomic mass is 32.1. The maximum Gasteiger partial charge on any atom is 0.0979 e. The van der Waals surface area contributed by atoms with Crippen LogP contribution in [0.15, 0.2) is 121 Å². The highest BCUT2D eigenvalue weighted by Crippen LogP contribution is 2.39. The molecule has 0 aliphatic rings. The molecule has 0 unspecified atom stereocenters. The molecule has 0 N–H and O–H groups in total. The Morgan fingerprint density at radius 1 is 0.459 bits per heavy atom. The van der Waals surface area contributed by atoms with Gasteiger partial charge in [0.25, 0.3) is 0 Å². The number of nitrogens with zero attached hydrogens (tertiary/aromatic N) is 2. The Hall–Kier alpha value is -4.60. The summed E-state index contributed by atoms with van der Waals surface area (Å²) in [6.45, 7) is 0. The van der Waals surface area contributed by atoms with E-state index >= 15 is 0 Å². The van der Waals surface area contributed by atoms with Crippen LogP contribution in [0.5, 0.6) is 0 Å². The molecule has 0 saturated heterocycles. The summed E-state index contributed by atoms with van der Waals surface area (Å²) >= 11 is 1.85. The highest BCUT2D eigenvalue weighted by molar-refractivity contribution is 7.25. The Kier molecular flexibility index (Phi) is 4.42. The Morgan fingerprint density at radius 3 is 1.84 bits per heavy atom. The van der Waals surface area contributed by atoms with Crippen molar-refractivity contribution in [2.75, 3.05) is 0 Å². The summed E-state index contributed by atoms with van der Waals surface area (Å²) in [4.78, 5) is 10.2. The van der Waals surface area contributed by atoms with Gasteiger partial charge in [-0.15, -0.1) is 11.3 Å².